The molecular weight excluding hydrogens is 190 g/mol. The summed E-state index contributed by atoms with van der Waals surface area (Å²) in [6.07, 6.45) is 1.00. The fraction of sp³-hybridized carbons (Fsp3) is 0.500. The highest BCUT2D eigenvalue weighted by molar-refractivity contribution is 5.41. The van der Waals surface area contributed by atoms with E-state index in [1.54, 1.807) is 6.07 Å². The van der Waals surface area contributed by atoms with Crippen LogP contribution in [0, 0.1) is 5.92 Å². The molecule has 0 aromatic heterocycles. The third-order valence-corrected chi connectivity index (χ3v) is 2.46. The van der Waals surface area contributed by atoms with Crippen molar-refractivity contribution in [2.45, 2.75) is 26.3 Å². The van der Waals surface area contributed by atoms with Crippen molar-refractivity contribution >= 4 is 0 Å². The van der Waals surface area contributed by atoms with Gasteiger partial charge in [-0.15, -0.1) is 0 Å². The van der Waals surface area contributed by atoms with Crippen molar-refractivity contribution < 1.29 is 10.2 Å². The topological polar surface area (TPSA) is 52.5 Å². The van der Waals surface area contributed by atoms with Crippen molar-refractivity contribution in [2.75, 3.05) is 7.05 Å². The lowest BCUT2D eigenvalue weighted by Gasteiger charge is -2.19. The van der Waals surface area contributed by atoms with Gasteiger partial charge in [0.1, 0.15) is 0 Å². The van der Waals surface area contributed by atoms with Crippen molar-refractivity contribution in [3.8, 4) is 11.5 Å². The average molecular weight is 209 g/mol. The second-order valence-electron chi connectivity index (χ2n) is 4.22. The molecule has 0 bridgehead atoms. The van der Waals surface area contributed by atoms with Gasteiger partial charge in [-0.05, 0) is 37.1 Å². The normalized spacial score (nSPS) is 13.1. The third-order valence-electron chi connectivity index (χ3n) is 2.46. The summed E-state index contributed by atoms with van der Waals surface area (Å²) in [5.41, 5.74) is 1.00. The molecule has 15 heavy (non-hydrogen) atoms. The Morgan fingerprint density at radius 1 is 1.20 bits per heavy atom. The summed E-state index contributed by atoms with van der Waals surface area (Å²) >= 11 is 0. The van der Waals surface area contributed by atoms with Crippen LogP contribution in [-0.2, 0) is 0 Å². The minimum absolute atomic E-state index is 0.0588. The summed E-state index contributed by atoms with van der Waals surface area (Å²) in [5.74, 6) is 0.452. The van der Waals surface area contributed by atoms with Gasteiger partial charge in [0.05, 0.1) is 0 Å². The number of phenolic OH excluding ortho intramolecular Hbond substituents is 2. The molecular formula is C12H19NO2. The Labute approximate surface area is 90.8 Å². The Kier molecular flexibility index (Phi) is 3.97. The summed E-state index contributed by atoms with van der Waals surface area (Å²) < 4.78 is 0. The van der Waals surface area contributed by atoms with Crippen LogP contribution in [0.4, 0.5) is 0 Å². The number of hydrogen-bond acceptors (Lipinski definition) is 3. The van der Waals surface area contributed by atoms with Gasteiger partial charge in [-0.2, -0.15) is 0 Å². The predicted octanol–water partition coefficient (Wildman–Crippen LogP) is 2.40. The van der Waals surface area contributed by atoms with Gasteiger partial charge < -0.3 is 15.5 Å². The third kappa shape index (κ3) is 3.13. The van der Waals surface area contributed by atoms with Gasteiger partial charge >= 0.3 is 0 Å². The second kappa shape index (κ2) is 5.03. The smallest absolute Gasteiger partial charge is 0.157 e. The molecule has 3 N–H and O–H groups in total. The van der Waals surface area contributed by atoms with E-state index in [1.807, 2.05) is 13.1 Å². The number of hydrogen-bond donors (Lipinski definition) is 3. The lowest BCUT2D eigenvalue weighted by Crippen LogP contribution is -2.18. The van der Waals surface area contributed by atoms with E-state index >= 15 is 0 Å². The van der Waals surface area contributed by atoms with E-state index in [0.717, 1.165) is 12.0 Å². The van der Waals surface area contributed by atoms with E-state index in [1.165, 1.54) is 6.07 Å². The van der Waals surface area contributed by atoms with Crippen LogP contribution in [0.2, 0.25) is 0 Å². The van der Waals surface area contributed by atoms with Crippen LogP contribution in [0.3, 0.4) is 0 Å². The van der Waals surface area contributed by atoms with Crippen LogP contribution in [0.1, 0.15) is 31.9 Å². The number of phenols is 2. The molecule has 0 heterocycles. The summed E-state index contributed by atoms with van der Waals surface area (Å²) in [6.45, 7) is 4.31. The molecule has 0 fully saturated rings. The first-order valence-electron chi connectivity index (χ1n) is 5.23. The van der Waals surface area contributed by atoms with Crippen LogP contribution < -0.4 is 5.32 Å². The van der Waals surface area contributed by atoms with Gasteiger partial charge in [0.15, 0.2) is 11.5 Å². The van der Waals surface area contributed by atoms with Crippen molar-refractivity contribution in [3.63, 3.8) is 0 Å². The molecule has 0 aliphatic heterocycles. The monoisotopic (exact) mass is 209 g/mol. The summed E-state index contributed by atoms with van der Waals surface area (Å²) in [7, 11) is 1.90. The van der Waals surface area contributed by atoms with E-state index in [0.29, 0.717) is 5.92 Å². The van der Waals surface area contributed by atoms with E-state index in [-0.39, 0.29) is 17.5 Å². The van der Waals surface area contributed by atoms with Gasteiger partial charge in [0.2, 0.25) is 0 Å². The van der Waals surface area contributed by atoms with Crippen molar-refractivity contribution in [3.05, 3.63) is 23.8 Å². The highest BCUT2D eigenvalue weighted by Gasteiger charge is 2.12. The quantitative estimate of drug-likeness (QED) is 0.667. The SMILES string of the molecule is CNC(CC(C)C)c1ccc(O)c(O)c1. The molecule has 0 aliphatic carbocycles. The van der Waals surface area contributed by atoms with Gasteiger partial charge in [-0.25, -0.2) is 0 Å². The van der Waals surface area contributed by atoms with E-state index < -0.39 is 0 Å². The first-order valence-corrected chi connectivity index (χ1v) is 5.23. The van der Waals surface area contributed by atoms with Crippen LogP contribution in [0.25, 0.3) is 0 Å². The minimum Gasteiger partial charge on any atom is -0.504 e. The molecule has 1 aromatic rings. The van der Waals surface area contributed by atoms with Crippen molar-refractivity contribution in [2.24, 2.45) is 5.92 Å². The van der Waals surface area contributed by atoms with Gasteiger partial charge in [-0.1, -0.05) is 19.9 Å². The predicted molar refractivity (Wildman–Crippen MR) is 61.0 cm³/mol. The van der Waals surface area contributed by atoms with Crippen LogP contribution in [-0.4, -0.2) is 17.3 Å². The number of benzene rings is 1. The standard InChI is InChI=1S/C12H19NO2/c1-8(2)6-10(13-3)9-4-5-11(14)12(15)7-9/h4-5,7-8,10,13-15H,6H2,1-3H3. The molecule has 0 spiro atoms. The molecule has 3 nitrogen and oxygen atoms in total. The number of rotatable bonds is 4. The summed E-state index contributed by atoms with van der Waals surface area (Å²) in [4.78, 5) is 0. The average Bonchev–Trinajstić information content (AvgIpc) is 2.18. The zero-order valence-corrected chi connectivity index (χ0v) is 9.49. The van der Waals surface area contributed by atoms with E-state index in [2.05, 4.69) is 19.2 Å². The van der Waals surface area contributed by atoms with Crippen molar-refractivity contribution in [1.29, 1.82) is 0 Å². The molecule has 0 amide bonds. The fourth-order valence-corrected chi connectivity index (χ4v) is 1.65. The Bertz CT molecular complexity index is 323. The molecule has 1 unspecified atom stereocenters. The molecule has 0 radical (unpaired) electrons. The fourth-order valence-electron chi connectivity index (χ4n) is 1.65. The largest absolute Gasteiger partial charge is 0.504 e. The van der Waals surface area contributed by atoms with Crippen LogP contribution >= 0.6 is 0 Å². The first kappa shape index (κ1) is 11.9. The zero-order valence-electron chi connectivity index (χ0n) is 9.49. The van der Waals surface area contributed by atoms with E-state index in [9.17, 15) is 10.2 Å². The first-order chi connectivity index (χ1) is 7.04. The maximum Gasteiger partial charge on any atom is 0.157 e. The zero-order chi connectivity index (χ0) is 11.4. The number of aromatic hydroxyl groups is 2. The molecule has 0 saturated heterocycles. The Balaban J connectivity index is 2.87. The molecule has 84 valence electrons. The van der Waals surface area contributed by atoms with Gasteiger partial charge in [0, 0.05) is 6.04 Å². The highest BCUT2D eigenvalue weighted by Crippen LogP contribution is 2.29. The molecule has 1 atom stereocenters. The van der Waals surface area contributed by atoms with Crippen molar-refractivity contribution in [1.82, 2.24) is 5.32 Å². The molecule has 0 aliphatic rings. The molecule has 1 aromatic carbocycles. The second-order valence-corrected chi connectivity index (χ2v) is 4.22. The summed E-state index contributed by atoms with van der Waals surface area (Å²) in [5, 5.41) is 21.8. The summed E-state index contributed by atoms with van der Waals surface area (Å²) in [6, 6.07) is 5.18. The Morgan fingerprint density at radius 3 is 2.33 bits per heavy atom. The minimum atomic E-state index is -0.0712. The van der Waals surface area contributed by atoms with Gasteiger partial charge in [-0.3, -0.25) is 0 Å². The number of nitrogens with one attached hydrogen (secondary N) is 1. The Morgan fingerprint density at radius 2 is 1.87 bits per heavy atom. The van der Waals surface area contributed by atoms with Crippen LogP contribution in [0.5, 0.6) is 11.5 Å². The molecule has 1 rings (SSSR count). The maximum atomic E-state index is 9.40. The van der Waals surface area contributed by atoms with Gasteiger partial charge in [0.25, 0.3) is 0 Å². The molecule has 3 heteroatoms. The molecule has 0 saturated carbocycles. The highest BCUT2D eigenvalue weighted by atomic mass is 16.3. The van der Waals surface area contributed by atoms with Crippen LogP contribution in [0.15, 0.2) is 18.2 Å². The lowest BCUT2D eigenvalue weighted by atomic mass is 9.97. The Hall–Kier alpha value is -1.22. The lowest BCUT2D eigenvalue weighted by molar-refractivity contribution is 0.399. The maximum absolute atomic E-state index is 9.40. The van der Waals surface area contributed by atoms with E-state index in [4.69, 9.17) is 0 Å².